The van der Waals surface area contributed by atoms with Crippen molar-refractivity contribution in [2.24, 2.45) is 5.10 Å². The minimum atomic E-state index is -0.718. The summed E-state index contributed by atoms with van der Waals surface area (Å²) in [5, 5.41) is 8.93. The second kappa shape index (κ2) is 10.3. The summed E-state index contributed by atoms with van der Waals surface area (Å²) in [6.45, 7) is 3.72. The molecule has 1 atom stereocenters. The highest BCUT2D eigenvalue weighted by Gasteiger charge is 2.16. The van der Waals surface area contributed by atoms with Crippen molar-refractivity contribution in [3.05, 3.63) is 101 Å². The van der Waals surface area contributed by atoms with E-state index in [1.807, 2.05) is 85.9 Å². The number of nitrogens with one attached hydrogen (secondary N) is 1. The smallest absolute Gasteiger partial charge is 0.280 e. The largest absolute Gasteiger partial charge is 0.480 e. The molecule has 1 aromatic heterocycles. The summed E-state index contributed by atoms with van der Waals surface area (Å²) in [7, 11) is 0. The molecular weight excluding hydrogens is 480 g/mol. The maximum atomic E-state index is 12.5. The first kappa shape index (κ1) is 22.5. The van der Waals surface area contributed by atoms with Crippen LogP contribution in [0, 0.1) is 6.92 Å². The molecule has 0 saturated heterocycles. The maximum absolute atomic E-state index is 12.5. The number of carbonyl (C=O) groups is 1. The lowest BCUT2D eigenvalue weighted by molar-refractivity contribution is -0.127. The summed E-state index contributed by atoms with van der Waals surface area (Å²) >= 11 is 3.42. The van der Waals surface area contributed by atoms with Gasteiger partial charge in [-0.05, 0) is 54.0 Å². The number of amides is 1. The fourth-order valence-electron chi connectivity index (χ4n) is 3.17. The van der Waals surface area contributed by atoms with E-state index in [0.717, 1.165) is 27.0 Å². The molecule has 4 aromatic rings. The number of para-hydroxylation sites is 2. The zero-order valence-electron chi connectivity index (χ0n) is 18.3. The number of hydrazone groups is 1. The molecule has 1 N–H and O–H groups in total. The Bertz CT molecular complexity index is 1270. The number of halogens is 1. The van der Waals surface area contributed by atoms with Crippen molar-refractivity contribution < 1.29 is 9.53 Å². The Morgan fingerprint density at radius 1 is 1.06 bits per heavy atom. The van der Waals surface area contributed by atoms with Crippen LogP contribution in [0.25, 0.3) is 16.9 Å². The Balaban J connectivity index is 1.53. The molecule has 1 heterocycles. The van der Waals surface area contributed by atoms with Gasteiger partial charge in [0, 0.05) is 17.3 Å². The van der Waals surface area contributed by atoms with Crippen molar-refractivity contribution in [3.8, 4) is 22.7 Å². The fraction of sp³-hybridized carbons (Fsp3) is 0.115. The van der Waals surface area contributed by atoms with Crippen LogP contribution in [0.3, 0.4) is 0 Å². The topological polar surface area (TPSA) is 68.5 Å². The molecule has 0 spiro atoms. The van der Waals surface area contributed by atoms with Gasteiger partial charge in [-0.3, -0.25) is 4.79 Å². The lowest BCUT2D eigenvalue weighted by Gasteiger charge is -2.13. The molecule has 0 fully saturated rings. The van der Waals surface area contributed by atoms with Gasteiger partial charge in [-0.15, -0.1) is 0 Å². The second-order valence-electron chi connectivity index (χ2n) is 7.50. The van der Waals surface area contributed by atoms with Crippen LogP contribution in [0.1, 0.15) is 18.1 Å². The molecule has 166 valence electrons. The van der Waals surface area contributed by atoms with Gasteiger partial charge in [-0.2, -0.15) is 10.2 Å². The van der Waals surface area contributed by atoms with Gasteiger partial charge < -0.3 is 4.74 Å². The molecule has 1 unspecified atom stereocenters. The highest BCUT2D eigenvalue weighted by Crippen LogP contribution is 2.25. The van der Waals surface area contributed by atoms with E-state index in [2.05, 4.69) is 26.5 Å². The van der Waals surface area contributed by atoms with Gasteiger partial charge in [0.1, 0.15) is 11.4 Å². The summed E-state index contributed by atoms with van der Waals surface area (Å²) in [6.07, 6.45) is 2.77. The van der Waals surface area contributed by atoms with Gasteiger partial charge in [-0.1, -0.05) is 60.2 Å². The first-order chi connectivity index (χ1) is 16.0. The van der Waals surface area contributed by atoms with Crippen molar-refractivity contribution in [1.29, 1.82) is 0 Å². The highest BCUT2D eigenvalue weighted by molar-refractivity contribution is 9.10. The average molecular weight is 503 g/mol. The van der Waals surface area contributed by atoms with E-state index < -0.39 is 6.10 Å². The average Bonchev–Trinajstić information content (AvgIpc) is 3.25. The number of ether oxygens (including phenoxy) is 1. The molecule has 0 radical (unpaired) electrons. The first-order valence-electron chi connectivity index (χ1n) is 10.5. The number of benzene rings is 3. The van der Waals surface area contributed by atoms with Crippen molar-refractivity contribution >= 4 is 28.1 Å². The standard InChI is InChI=1S/C26H23BrN4O2/c1-18-12-14-20(15-13-18)25-21(17-31(30-25)22-8-4-3-5-9-22)16-28-29-26(32)19(2)33-24-11-7-6-10-23(24)27/h3-17,19H,1-2H3,(H,29,32)/b28-16-. The second-order valence-corrected chi connectivity index (χ2v) is 8.36. The van der Waals surface area contributed by atoms with Gasteiger partial charge in [0.15, 0.2) is 6.10 Å². The summed E-state index contributed by atoms with van der Waals surface area (Å²) < 4.78 is 8.31. The fourth-order valence-corrected chi connectivity index (χ4v) is 3.55. The minimum Gasteiger partial charge on any atom is -0.480 e. The van der Waals surface area contributed by atoms with Crippen LogP contribution in [-0.4, -0.2) is 28.0 Å². The third-order valence-electron chi connectivity index (χ3n) is 4.98. The van der Waals surface area contributed by atoms with Gasteiger partial charge in [0.2, 0.25) is 0 Å². The predicted molar refractivity (Wildman–Crippen MR) is 134 cm³/mol. The molecule has 4 rings (SSSR count). The third kappa shape index (κ3) is 5.56. The summed E-state index contributed by atoms with van der Waals surface area (Å²) in [5.74, 6) is 0.240. The molecule has 1 amide bonds. The van der Waals surface area contributed by atoms with Crippen LogP contribution in [0.4, 0.5) is 0 Å². The van der Waals surface area contributed by atoms with Crippen molar-refractivity contribution in [1.82, 2.24) is 15.2 Å². The number of hydrogen-bond donors (Lipinski definition) is 1. The molecule has 0 aliphatic rings. The van der Waals surface area contributed by atoms with Gasteiger partial charge in [-0.25, -0.2) is 10.1 Å². The Morgan fingerprint density at radius 2 is 1.76 bits per heavy atom. The lowest BCUT2D eigenvalue weighted by atomic mass is 10.1. The number of nitrogens with zero attached hydrogens (tertiary/aromatic N) is 3. The Kier molecular flexibility index (Phi) is 7.00. The molecule has 0 aliphatic carbocycles. The molecule has 3 aromatic carbocycles. The first-order valence-corrected chi connectivity index (χ1v) is 11.3. The normalized spacial score (nSPS) is 12.0. The number of rotatable bonds is 7. The van der Waals surface area contributed by atoms with E-state index in [1.165, 1.54) is 5.56 Å². The summed E-state index contributed by atoms with van der Waals surface area (Å²) in [5.41, 5.74) is 7.18. The zero-order chi connectivity index (χ0) is 23.2. The van der Waals surface area contributed by atoms with Crippen LogP contribution in [0.2, 0.25) is 0 Å². The summed E-state index contributed by atoms with van der Waals surface area (Å²) in [4.78, 5) is 12.5. The molecule has 6 nitrogen and oxygen atoms in total. The lowest BCUT2D eigenvalue weighted by Crippen LogP contribution is -2.33. The number of aryl methyl sites for hydroxylation is 1. The quantitative estimate of drug-likeness (QED) is 0.267. The van der Waals surface area contributed by atoms with E-state index >= 15 is 0 Å². The maximum Gasteiger partial charge on any atom is 0.280 e. The number of carbonyl (C=O) groups excluding carboxylic acids is 1. The van der Waals surface area contributed by atoms with E-state index in [-0.39, 0.29) is 5.91 Å². The van der Waals surface area contributed by atoms with Crippen LogP contribution in [-0.2, 0) is 4.79 Å². The van der Waals surface area contributed by atoms with Gasteiger partial charge in [0.25, 0.3) is 5.91 Å². The molecule has 33 heavy (non-hydrogen) atoms. The minimum absolute atomic E-state index is 0.352. The monoisotopic (exact) mass is 502 g/mol. The highest BCUT2D eigenvalue weighted by atomic mass is 79.9. The molecule has 7 heteroatoms. The van der Waals surface area contributed by atoms with Gasteiger partial charge in [0.05, 0.1) is 16.4 Å². The predicted octanol–water partition coefficient (Wildman–Crippen LogP) is 5.53. The zero-order valence-corrected chi connectivity index (χ0v) is 19.9. The molecule has 0 aliphatic heterocycles. The van der Waals surface area contributed by atoms with Crippen LogP contribution in [0.15, 0.2) is 94.6 Å². The number of aromatic nitrogens is 2. The number of hydrogen-bond acceptors (Lipinski definition) is 4. The Hall–Kier alpha value is -3.71. The Morgan fingerprint density at radius 3 is 2.48 bits per heavy atom. The van der Waals surface area contributed by atoms with Crippen molar-refractivity contribution in [3.63, 3.8) is 0 Å². The molecular formula is C26H23BrN4O2. The van der Waals surface area contributed by atoms with Crippen LogP contribution >= 0.6 is 15.9 Å². The SMILES string of the molecule is Cc1ccc(-c2nn(-c3ccccc3)cc2/C=N\NC(=O)C(C)Oc2ccccc2Br)cc1. The van der Waals surface area contributed by atoms with Crippen LogP contribution in [0.5, 0.6) is 5.75 Å². The van der Waals surface area contributed by atoms with Gasteiger partial charge >= 0.3 is 0 Å². The van der Waals surface area contributed by atoms with Crippen LogP contribution < -0.4 is 10.2 Å². The van der Waals surface area contributed by atoms with Crippen molar-refractivity contribution in [2.45, 2.75) is 20.0 Å². The van der Waals surface area contributed by atoms with E-state index in [1.54, 1.807) is 23.9 Å². The van der Waals surface area contributed by atoms with E-state index in [0.29, 0.717) is 5.75 Å². The summed E-state index contributed by atoms with van der Waals surface area (Å²) in [6, 6.07) is 25.4. The Labute approximate surface area is 201 Å². The molecule has 0 bridgehead atoms. The molecule has 0 saturated carbocycles. The third-order valence-corrected chi connectivity index (χ3v) is 5.63. The van der Waals surface area contributed by atoms with E-state index in [9.17, 15) is 4.79 Å². The van der Waals surface area contributed by atoms with Crippen molar-refractivity contribution in [2.75, 3.05) is 0 Å². The van der Waals surface area contributed by atoms with E-state index in [4.69, 9.17) is 9.84 Å².